The van der Waals surface area contributed by atoms with Crippen molar-refractivity contribution in [2.24, 2.45) is 0 Å². The maximum atomic E-state index is 13.2. The average molecular weight is 533 g/mol. The van der Waals surface area contributed by atoms with Crippen LogP contribution in [0.2, 0.25) is 0 Å². The molecule has 3 aromatic carbocycles. The number of rotatable bonds is 7. The molecule has 1 fully saturated rings. The van der Waals surface area contributed by atoms with Gasteiger partial charge >= 0.3 is 0 Å². The predicted octanol–water partition coefficient (Wildman–Crippen LogP) is 6.35. The van der Waals surface area contributed by atoms with Crippen LogP contribution in [0.5, 0.6) is 11.5 Å². The number of nitrogens with one attached hydrogen (secondary N) is 1. The molecule has 1 N–H and O–H groups in total. The fraction of sp³-hybridized carbons (Fsp3) is 0.207. The van der Waals surface area contributed by atoms with Gasteiger partial charge in [-0.25, -0.2) is 0 Å². The van der Waals surface area contributed by atoms with E-state index < -0.39 is 0 Å². The summed E-state index contributed by atoms with van der Waals surface area (Å²) in [6, 6.07) is 17.0. The maximum absolute atomic E-state index is 13.2. The van der Waals surface area contributed by atoms with Gasteiger partial charge in [0.15, 0.2) is 22.4 Å². The third kappa shape index (κ3) is 5.87. The smallest absolute Gasteiger partial charge is 0.270 e. The van der Waals surface area contributed by atoms with E-state index in [2.05, 4.69) is 5.32 Å². The number of nitrogens with zero attached hydrogens (tertiary/aromatic N) is 1. The summed E-state index contributed by atoms with van der Waals surface area (Å²) in [6.45, 7) is 7.77. The summed E-state index contributed by atoms with van der Waals surface area (Å²) < 4.78 is 11.7. The van der Waals surface area contributed by atoms with Crippen molar-refractivity contribution in [3.63, 3.8) is 0 Å². The summed E-state index contributed by atoms with van der Waals surface area (Å²) in [4.78, 5) is 27.8. The average Bonchev–Trinajstić information content (AvgIpc) is 3.13. The third-order valence-corrected chi connectivity index (χ3v) is 7.41. The monoisotopic (exact) mass is 532 g/mol. The Kier molecular flexibility index (Phi) is 8.00. The zero-order chi connectivity index (χ0) is 26.7. The van der Waals surface area contributed by atoms with E-state index in [4.69, 9.17) is 21.7 Å². The molecule has 1 aliphatic heterocycles. The molecule has 0 unspecified atom stereocenters. The first-order valence-corrected chi connectivity index (χ1v) is 12.9. The molecule has 1 aliphatic rings. The van der Waals surface area contributed by atoms with Gasteiger partial charge < -0.3 is 14.8 Å². The number of hydrogen-bond acceptors (Lipinski definition) is 6. The second kappa shape index (κ2) is 11.2. The number of thioether (sulfide) groups is 1. The molecular formula is C29H28N2O4S2. The lowest BCUT2D eigenvalue weighted by Crippen LogP contribution is -2.28. The van der Waals surface area contributed by atoms with Crippen LogP contribution in [0.25, 0.3) is 6.08 Å². The lowest BCUT2D eigenvalue weighted by molar-refractivity contribution is -0.118. The molecule has 1 saturated heterocycles. The molecule has 1 heterocycles. The number of hydrogen-bond donors (Lipinski definition) is 1. The van der Waals surface area contributed by atoms with Gasteiger partial charge in [-0.15, -0.1) is 0 Å². The molecule has 3 aromatic rings. The number of methoxy groups -OCH3 is 1. The Bertz CT molecular complexity index is 1430. The van der Waals surface area contributed by atoms with Gasteiger partial charge in [0.25, 0.3) is 11.8 Å². The molecular weight excluding hydrogens is 504 g/mol. The van der Waals surface area contributed by atoms with Gasteiger partial charge in [0.05, 0.1) is 17.7 Å². The number of anilines is 2. The van der Waals surface area contributed by atoms with Crippen molar-refractivity contribution in [3.05, 3.63) is 87.3 Å². The molecule has 6 nitrogen and oxygen atoms in total. The van der Waals surface area contributed by atoms with E-state index in [-0.39, 0.29) is 18.4 Å². The molecule has 190 valence electrons. The number of amides is 2. The Labute approximate surface area is 226 Å². The van der Waals surface area contributed by atoms with Crippen LogP contribution in [0.15, 0.2) is 59.5 Å². The van der Waals surface area contributed by atoms with Crippen LogP contribution in [0, 0.1) is 27.7 Å². The van der Waals surface area contributed by atoms with E-state index >= 15 is 0 Å². The minimum Gasteiger partial charge on any atom is -0.493 e. The molecule has 0 spiro atoms. The maximum Gasteiger partial charge on any atom is 0.270 e. The Morgan fingerprint density at radius 3 is 2.54 bits per heavy atom. The molecule has 0 atom stereocenters. The SMILES string of the molecule is COc1cc(/C=C2\SC(=S)N(c3ccc(C)cc3C)C2=O)ccc1OCC(=O)Nc1cccc(C)c1C. The van der Waals surface area contributed by atoms with Crippen LogP contribution in [0.1, 0.15) is 27.8 Å². The van der Waals surface area contributed by atoms with Crippen LogP contribution in [-0.2, 0) is 9.59 Å². The highest BCUT2D eigenvalue weighted by Gasteiger charge is 2.34. The van der Waals surface area contributed by atoms with Crippen LogP contribution >= 0.6 is 24.0 Å². The minimum absolute atomic E-state index is 0.163. The van der Waals surface area contributed by atoms with Crippen molar-refractivity contribution in [2.45, 2.75) is 27.7 Å². The van der Waals surface area contributed by atoms with E-state index in [9.17, 15) is 9.59 Å². The van der Waals surface area contributed by atoms with Crippen molar-refractivity contribution in [2.75, 3.05) is 23.9 Å². The number of carbonyl (C=O) groups excluding carboxylic acids is 2. The summed E-state index contributed by atoms with van der Waals surface area (Å²) in [5.74, 6) is 0.455. The summed E-state index contributed by atoms with van der Waals surface area (Å²) >= 11 is 6.78. The minimum atomic E-state index is -0.269. The van der Waals surface area contributed by atoms with Crippen LogP contribution in [0.3, 0.4) is 0 Å². The number of carbonyl (C=O) groups is 2. The van der Waals surface area contributed by atoms with Gasteiger partial charge in [-0.05, 0) is 80.3 Å². The van der Waals surface area contributed by atoms with Crippen LogP contribution in [0.4, 0.5) is 11.4 Å². The lowest BCUT2D eigenvalue weighted by atomic mass is 10.1. The van der Waals surface area contributed by atoms with Gasteiger partial charge in [0.1, 0.15) is 0 Å². The highest BCUT2D eigenvalue weighted by Crippen LogP contribution is 2.38. The summed E-state index contributed by atoms with van der Waals surface area (Å²) in [6.07, 6.45) is 1.78. The van der Waals surface area contributed by atoms with Crippen LogP contribution < -0.4 is 19.7 Å². The summed E-state index contributed by atoms with van der Waals surface area (Å²) in [7, 11) is 1.53. The van der Waals surface area contributed by atoms with E-state index in [1.807, 2.05) is 70.2 Å². The second-order valence-corrected chi connectivity index (χ2v) is 10.5. The van der Waals surface area contributed by atoms with Gasteiger partial charge in [0, 0.05) is 5.69 Å². The molecule has 8 heteroatoms. The molecule has 0 bridgehead atoms. The van der Waals surface area contributed by atoms with Gasteiger partial charge in [-0.3, -0.25) is 14.5 Å². The summed E-state index contributed by atoms with van der Waals surface area (Å²) in [5.41, 5.74) is 6.53. The predicted molar refractivity (Wildman–Crippen MR) is 155 cm³/mol. The Morgan fingerprint density at radius 2 is 1.81 bits per heavy atom. The van der Waals surface area contributed by atoms with Crippen molar-refractivity contribution in [1.82, 2.24) is 0 Å². The standard InChI is InChI=1S/C29H28N2O4S2/c1-17-9-11-23(19(3)13-17)31-28(33)26(37-29(31)36)15-21-10-12-24(25(14-21)34-5)35-16-27(32)30-22-8-6-7-18(2)20(22)4/h6-15H,16H2,1-5H3,(H,30,32)/b26-15-. The van der Waals surface area contributed by atoms with Crippen molar-refractivity contribution in [3.8, 4) is 11.5 Å². The topological polar surface area (TPSA) is 67.9 Å². The largest absolute Gasteiger partial charge is 0.493 e. The molecule has 0 aromatic heterocycles. The number of thiocarbonyl (C=S) groups is 1. The fourth-order valence-electron chi connectivity index (χ4n) is 3.99. The van der Waals surface area contributed by atoms with Crippen molar-refractivity contribution < 1.29 is 19.1 Å². The molecule has 0 radical (unpaired) electrons. The van der Waals surface area contributed by atoms with E-state index in [0.717, 1.165) is 39.2 Å². The molecule has 0 saturated carbocycles. The molecule has 2 amide bonds. The molecule has 37 heavy (non-hydrogen) atoms. The lowest BCUT2D eigenvalue weighted by Gasteiger charge is -2.17. The Morgan fingerprint density at radius 1 is 1.03 bits per heavy atom. The van der Waals surface area contributed by atoms with E-state index in [1.54, 1.807) is 23.1 Å². The van der Waals surface area contributed by atoms with Crippen molar-refractivity contribution in [1.29, 1.82) is 0 Å². The fourth-order valence-corrected chi connectivity index (χ4v) is 5.28. The zero-order valence-electron chi connectivity index (χ0n) is 21.4. The Balaban J connectivity index is 1.47. The normalized spacial score (nSPS) is 14.3. The highest BCUT2D eigenvalue weighted by atomic mass is 32.2. The van der Waals surface area contributed by atoms with Crippen molar-refractivity contribution >= 4 is 57.6 Å². The molecule has 4 rings (SSSR count). The highest BCUT2D eigenvalue weighted by molar-refractivity contribution is 8.27. The quantitative estimate of drug-likeness (QED) is 0.282. The first-order chi connectivity index (χ1) is 17.7. The van der Waals surface area contributed by atoms with E-state index in [1.165, 1.54) is 18.9 Å². The molecule has 0 aliphatic carbocycles. The third-order valence-electron chi connectivity index (χ3n) is 6.11. The number of benzene rings is 3. The van der Waals surface area contributed by atoms with Gasteiger partial charge in [-0.1, -0.05) is 59.9 Å². The Hall–Kier alpha value is -3.62. The van der Waals surface area contributed by atoms with Gasteiger partial charge in [-0.2, -0.15) is 0 Å². The zero-order valence-corrected chi connectivity index (χ0v) is 23.0. The number of aryl methyl sites for hydroxylation is 3. The second-order valence-electron chi connectivity index (χ2n) is 8.80. The van der Waals surface area contributed by atoms with Crippen LogP contribution in [-0.4, -0.2) is 29.9 Å². The number of ether oxygens (including phenoxy) is 2. The van der Waals surface area contributed by atoms with E-state index in [0.29, 0.717) is 20.7 Å². The van der Waals surface area contributed by atoms with Gasteiger partial charge in [0.2, 0.25) is 0 Å². The first-order valence-electron chi connectivity index (χ1n) is 11.7. The first kappa shape index (κ1) is 26.4. The summed E-state index contributed by atoms with van der Waals surface area (Å²) in [5, 5.41) is 2.88.